The molecule has 0 spiro atoms. The highest BCUT2D eigenvalue weighted by atomic mass is 35.5. The fourth-order valence-electron chi connectivity index (χ4n) is 1.04. The van der Waals surface area contributed by atoms with Crippen LogP contribution in [0.3, 0.4) is 0 Å². The van der Waals surface area contributed by atoms with E-state index in [1.807, 2.05) is 0 Å². The van der Waals surface area contributed by atoms with Gasteiger partial charge in [0.15, 0.2) is 0 Å². The van der Waals surface area contributed by atoms with Crippen LogP contribution in [0.4, 0.5) is 10.1 Å². The highest BCUT2D eigenvalue weighted by Crippen LogP contribution is 2.33. The summed E-state index contributed by atoms with van der Waals surface area (Å²) in [5.41, 5.74) is 6.10. The Morgan fingerprint density at radius 1 is 1.50 bits per heavy atom. The van der Waals surface area contributed by atoms with E-state index < -0.39 is 5.82 Å². The fraction of sp³-hybridized carbons (Fsp3) is 0.125. The lowest BCUT2D eigenvalue weighted by molar-refractivity contribution is 0.624. The van der Waals surface area contributed by atoms with Crippen molar-refractivity contribution in [3.8, 4) is 0 Å². The number of anilines is 1. The molecule has 0 aliphatic rings. The molecule has 2 rings (SSSR count). The first kappa shape index (κ1) is 11.2. The molecule has 8 heteroatoms. The molecule has 0 atom stereocenters. The number of halogens is 2. The van der Waals surface area contributed by atoms with Gasteiger partial charge in [0.2, 0.25) is 5.16 Å². The summed E-state index contributed by atoms with van der Waals surface area (Å²) in [4.78, 5) is 0.528. The quantitative estimate of drug-likeness (QED) is 0.832. The van der Waals surface area contributed by atoms with Gasteiger partial charge in [-0.3, -0.25) is 0 Å². The molecule has 0 radical (unpaired) electrons. The summed E-state index contributed by atoms with van der Waals surface area (Å²) in [6.45, 7) is 0. The molecule has 2 N–H and O–H groups in total. The lowest BCUT2D eigenvalue weighted by Crippen LogP contribution is -1.95. The summed E-state index contributed by atoms with van der Waals surface area (Å²) in [6, 6.07) is 2.63. The number of tetrazole rings is 1. The third-order valence-corrected chi connectivity index (χ3v) is 3.23. The van der Waals surface area contributed by atoms with E-state index in [0.717, 1.165) is 0 Å². The van der Waals surface area contributed by atoms with Crippen LogP contribution in [0.25, 0.3) is 0 Å². The summed E-state index contributed by atoms with van der Waals surface area (Å²) >= 11 is 6.76. The number of hydrogen-bond acceptors (Lipinski definition) is 5. The molecule has 0 aliphatic heterocycles. The Balaban J connectivity index is 2.35. The number of nitrogens with two attached hydrogens (primary N) is 1. The average Bonchev–Trinajstić information content (AvgIpc) is 2.61. The van der Waals surface area contributed by atoms with E-state index >= 15 is 0 Å². The fourth-order valence-corrected chi connectivity index (χ4v) is 1.99. The Labute approximate surface area is 99.8 Å². The molecule has 84 valence electrons. The first-order valence-electron chi connectivity index (χ1n) is 4.22. The Kier molecular flexibility index (Phi) is 2.97. The number of aromatic nitrogens is 4. The van der Waals surface area contributed by atoms with Crippen molar-refractivity contribution in [1.82, 2.24) is 20.2 Å². The monoisotopic (exact) mass is 259 g/mol. The lowest BCUT2D eigenvalue weighted by atomic mass is 10.3. The third kappa shape index (κ3) is 2.10. The van der Waals surface area contributed by atoms with Gasteiger partial charge < -0.3 is 5.73 Å². The summed E-state index contributed by atoms with van der Waals surface area (Å²) in [6.07, 6.45) is 0. The first-order chi connectivity index (χ1) is 7.58. The number of aryl methyl sites for hydroxylation is 1. The zero-order valence-corrected chi connectivity index (χ0v) is 9.76. The molecule has 0 saturated heterocycles. The maximum Gasteiger partial charge on any atom is 0.213 e. The zero-order chi connectivity index (χ0) is 11.7. The van der Waals surface area contributed by atoms with Crippen molar-refractivity contribution in [3.63, 3.8) is 0 Å². The van der Waals surface area contributed by atoms with Gasteiger partial charge in [-0.05, 0) is 34.3 Å². The largest absolute Gasteiger partial charge is 0.398 e. The molecule has 5 nitrogen and oxygen atoms in total. The van der Waals surface area contributed by atoms with Gasteiger partial charge in [0.05, 0.1) is 5.02 Å². The maximum absolute atomic E-state index is 13.2. The second kappa shape index (κ2) is 4.26. The van der Waals surface area contributed by atoms with Crippen LogP contribution in [-0.4, -0.2) is 20.2 Å². The number of nitrogen functional groups attached to an aromatic ring is 1. The molecule has 0 unspecified atom stereocenters. The van der Waals surface area contributed by atoms with Crippen molar-refractivity contribution in [3.05, 3.63) is 23.0 Å². The standard InChI is InChI=1S/C8H7ClFN5S/c1-15-8(12-13-14-15)16-7-3-5(10)4(9)2-6(7)11/h2-3H,11H2,1H3. The number of rotatable bonds is 2. The van der Waals surface area contributed by atoms with Gasteiger partial charge in [-0.2, -0.15) is 0 Å². The third-order valence-electron chi connectivity index (χ3n) is 1.84. The van der Waals surface area contributed by atoms with Crippen LogP contribution in [0, 0.1) is 5.82 Å². The molecule has 2 aromatic rings. The second-order valence-corrected chi connectivity index (χ2v) is 4.41. The number of nitrogens with zero attached hydrogens (tertiary/aromatic N) is 4. The van der Waals surface area contributed by atoms with Crippen LogP contribution in [0.2, 0.25) is 5.02 Å². The highest BCUT2D eigenvalue weighted by Gasteiger charge is 2.11. The molecule has 1 aromatic heterocycles. The van der Waals surface area contributed by atoms with Crippen molar-refractivity contribution in [2.45, 2.75) is 10.1 Å². The molecule has 16 heavy (non-hydrogen) atoms. The molecule has 1 heterocycles. The van der Waals surface area contributed by atoms with Crippen LogP contribution in [0.15, 0.2) is 22.2 Å². The first-order valence-corrected chi connectivity index (χ1v) is 5.42. The van der Waals surface area contributed by atoms with E-state index in [4.69, 9.17) is 17.3 Å². The van der Waals surface area contributed by atoms with Crippen LogP contribution in [0.1, 0.15) is 0 Å². The van der Waals surface area contributed by atoms with Gasteiger partial charge in [-0.15, -0.1) is 5.10 Å². The SMILES string of the molecule is Cn1nnnc1Sc1cc(F)c(Cl)cc1N. The van der Waals surface area contributed by atoms with Crippen LogP contribution >= 0.6 is 23.4 Å². The van der Waals surface area contributed by atoms with Gasteiger partial charge >= 0.3 is 0 Å². The topological polar surface area (TPSA) is 69.6 Å². The number of hydrogen-bond donors (Lipinski definition) is 1. The van der Waals surface area contributed by atoms with Gasteiger partial charge in [-0.25, -0.2) is 9.07 Å². The van der Waals surface area contributed by atoms with Crippen LogP contribution < -0.4 is 5.73 Å². The minimum absolute atomic E-state index is 0.00191. The molecule has 1 aromatic carbocycles. The minimum Gasteiger partial charge on any atom is -0.398 e. The van der Waals surface area contributed by atoms with Crippen molar-refractivity contribution in [2.75, 3.05) is 5.73 Å². The molecule has 0 aliphatic carbocycles. The second-order valence-electron chi connectivity index (χ2n) is 2.99. The number of benzene rings is 1. The van der Waals surface area contributed by atoms with Crippen molar-refractivity contribution < 1.29 is 4.39 Å². The zero-order valence-electron chi connectivity index (χ0n) is 8.19. The molecule has 0 fully saturated rings. The Hall–Kier alpha value is -1.34. The van der Waals surface area contributed by atoms with E-state index in [9.17, 15) is 4.39 Å². The smallest absolute Gasteiger partial charge is 0.213 e. The minimum atomic E-state index is -0.520. The predicted molar refractivity (Wildman–Crippen MR) is 58.7 cm³/mol. The Bertz CT molecular complexity index is 529. The summed E-state index contributed by atoms with van der Waals surface area (Å²) in [5, 5.41) is 11.4. The molecule has 0 amide bonds. The summed E-state index contributed by atoms with van der Waals surface area (Å²) in [7, 11) is 1.69. The van der Waals surface area contributed by atoms with Gasteiger partial charge in [0.1, 0.15) is 5.82 Å². The van der Waals surface area contributed by atoms with E-state index in [-0.39, 0.29) is 5.02 Å². The summed E-state index contributed by atoms with van der Waals surface area (Å²) in [5.74, 6) is -0.520. The van der Waals surface area contributed by atoms with E-state index in [2.05, 4.69) is 15.5 Å². The highest BCUT2D eigenvalue weighted by molar-refractivity contribution is 7.99. The van der Waals surface area contributed by atoms with E-state index in [1.54, 1.807) is 7.05 Å². The van der Waals surface area contributed by atoms with Crippen molar-refractivity contribution >= 4 is 29.1 Å². The van der Waals surface area contributed by atoms with Crippen molar-refractivity contribution in [1.29, 1.82) is 0 Å². The Morgan fingerprint density at radius 3 is 2.88 bits per heavy atom. The molecule has 0 bridgehead atoms. The van der Waals surface area contributed by atoms with Crippen LogP contribution in [0.5, 0.6) is 0 Å². The van der Waals surface area contributed by atoms with Gasteiger partial charge in [-0.1, -0.05) is 11.6 Å². The van der Waals surface area contributed by atoms with Gasteiger partial charge in [0, 0.05) is 17.6 Å². The molecule has 0 saturated carbocycles. The van der Waals surface area contributed by atoms with Crippen molar-refractivity contribution in [2.24, 2.45) is 7.05 Å². The van der Waals surface area contributed by atoms with E-state index in [1.165, 1.54) is 28.6 Å². The normalized spacial score (nSPS) is 10.7. The van der Waals surface area contributed by atoms with E-state index in [0.29, 0.717) is 15.7 Å². The Morgan fingerprint density at radius 2 is 2.25 bits per heavy atom. The molecular weight excluding hydrogens is 253 g/mol. The van der Waals surface area contributed by atoms with Crippen LogP contribution in [-0.2, 0) is 7.05 Å². The lowest BCUT2D eigenvalue weighted by Gasteiger charge is -2.05. The average molecular weight is 260 g/mol. The predicted octanol–water partition coefficient (Wildman–Crippen LogP) is 1.74. The summed E-state index contributed by atoms with van der Waals surface area (Å²) < 4.78 is 14.7. The molecular formula is C8H7ClFN5S. The van der Waals surface area contributed by atoms with Gasteiger partial charge in [0.25, 0.3) is 0 Å². The maximum atomic E-state index is 13.2.